The summed E-state index contributed by atoms with van der Waals surface area (Å²) in [6.45, 7) is 0. The van der Waals surface area contributed by atoms with Crippen LogP contribution in [0.1, 0.15) is 5.56 Å². The number of halogens is 3. The SMILES string of the molecule is FC(F)(F)c1ccc(Oc2ccc(Nc3ncnc4ccccc34)cc2)cc1. The van der Waals surface area contributed by atoms with Crippen LogP contribution < -0.4 is 10.1 Å². The second kappa shape index (κ2) is 7.19. The maximum absolute atomic E-state index is 12.6. The third-order valence-corrected chi connectivity index (χ3v) is 4.08. The highest BCUT2D eigenvalue weighted by Gasteiger charge is 2.30. The van der Waals surface area contributed by atoms with E-state index in [1.807, 2.05) is 24.3 Å². The standard InChI is InChI=1S/C21H14F3N3O/c22-21(23,24)14-5-9-16(10-6-14)28-17-11-7-15(8-12-17)27-20-18-3-1-2-4-19(18)25-13-26-20/h1-13H,(H,25,26,27). The summed E-state index contributed by atoms with van der Waals surface area (Å²) in [4.78, 5) is 8.50. The molecule has 140 valence electrons. The van der Waals surface area contributed by atoms with Crippen molar-refractivity contribution in [1.82, 2.24) is 9.97 Å². The minimum absolute atomic E-state index is 0.329. The molecule has 4 aromatic rings. The van der Waals surface area contributed by atoms with Gasteiger partial charge < -0.3 is 10.1 Å². The number of rotatable bonds is 4. The summed E-state index contributed by atoms with van der Waals surface area (Å²) in [5.41, 5.74) is 0.919. The summed E-state index contributed by atoms with van der Waals surface area (Å²) in [6, 6.07) is 19.3. The van der Waals surface area contributed by atoms with Crippen molar-refractivity contribution < 1.29 is 17.9 Å². The van der Waals surface area contributed by atoms with Gasteiger partial charge in [-0.1, -0.05) is 12.1 Å². The first-order valence-electron chi connectivity index (χ1n) is 8.41. The molecule has 0 spiro atoms. The molecule has 0 aliphatic carbocycles. The van der Waals surface area contributed by atoms with Crippen LogP contribution in [-0.4, -0.2) is 9.97 Å². The third-order valence-electron chi connectivity index (χ3n) is 4.08. The Bertz CT molecular complexity index is 1090. The first kappa shape index (κ1) is 17.8. The highest BCUT2D eigenvalue weighted by molar-refractivity contribution is 5.90. The van der Waals surface area contributed by atoms with Gasteiger partial charge >= 0.3 is 6.18 Å². The number of nitrogens with zero attached hydrogens (tertiary/aromatic N) is 2. The van der Waals surface area contributed by atoms with Crippen LogP contribution in [0.5, 0.6) is 11.5 Å². The normalized spacial score (nSPS) is 11.4. The third kappa shape index (κ3) is 3.88. The van der Waals surface area contributed by atoms with Crippen LogP contribution in [0.25, 0.3) is 10.9 Å². The molecule has 0 radical (unpaired) electrons. The second-order valence-electron chi connectivity index (χ2n) is 6.01. The number of benzene rings is 3. The van der Waals surface area contributed by atoms with Gasteiger partial charge in [-0.2, -0.15) is 13.2 Å². The number of anilines is 2. The molecule has 0 amide bonds. The van der Waals surface area contributed by atoms with Crippen LogP contribution in [0.15, 0.2) is 79.1 Å². The number of hydrogen-bond donors (Lipinski definition) is 1. The number of ether oxygens (including phenoxy) is 1. The molecule has 0 saturated heterocycles. The monoisotopic (exact) mass is 381 g/mol. The lowest BCUT2D eigenvalue weighted by Crippen LogP contribution is -2.03. The molecule has 4 rings (SSSR count). The molecule has 0 atom stereocenters. The molecule has 7 heteroatoms. The van der Waals surface area contributed by atoms with Crippen LogP contribution in [0.2, 0.25) is 0 Å². The Hall–Kier alpha value is -3.61. The second-order valence-corrected chi connectivity index (χ2v) is 6.01. The molecule has 0 unspecified atom stereocenters. The summed E-state index contributed by atoms with van der Waals surface area (Å²) in [7, 11) is 0. The molecule has 0 fully saturated rings. The van der Waals surface area contributed by atoms with Gasteiger partial charge in [-0.3, -0.25) is 0 Å². The fraction of sp³-hybridized carbons (Fsp3) is 0.0476. The molecule has 0 aliphatic rings. The van der Waals surface area contributed by atoms with Crippen molar-refractivity contribution in [3.63, 3.8) is 0 Å². The number of fused-ring (bicyclic) bond motifs is 1. The van der Waals surface area contributed by atoms with Crippen molar-refractivity contribution >= 4 is 22.4 Å². The lowest BCUT2D eigenvalue weighted by Gasteiger charge is -2.11. The van der Waals surface area contributed by atoms with Crippen molar-refractivity contribution in [2.24, 2.45) is 0 Å². The van der Waals surface area contributed by atoms with Crippen LogP contribution in [0, 0.1) is 0 Å². The lowest BCUT2D eigenvalue weighted by molar-refractivity contribution is -0.137. The molecule has 0 saturated carbocycles. The minimum atomic E-state index is -4.36. The van der Waals surface area contributed by atoms with Crippen molar-refractivity contribution in [1.29, 1.82) is 0 Å². The van der Waals surface area contributed by atoms with E-state index in [9.17, 15) is 13.2 Å². The summed E-state index contributed by atoms with van der Waals surface area (Å²) >= 11 is 0. The number of para-hydroxylation sites is 1. The van der Waals surface area contributed by atoms with Gasteiger partial charge in [0, 0.05) is 11.1 Å². The Labute approximate surface area is 158 Å². The zero-order valence-corrected chi connectivity index (χ0v) is 14.4. The smallest absolute Gasteiger partial charge is 0.416 e. The molecule has 4 nitrogen and oxygen atoms in total. The van der Waals surface area contributed by atoms with E-state index in [1.54, 1.807) is 24.3 Å². The summed E-state index contributed by atoms with van der Waals surface area (Å²) < 4.78 is 43.4. The van der Waals surface area contributed by atoms with Gasteiger partial charge in [0.15, 0.2) is 0 Å². The van der Waals surface area contributed by atoms with Gasteiger partial charge in [0.2, 0.25) is 0 Å². The van der Waals surface area contributed by atoms with Crippen LogP contribution in [0.3, 0.4) is 0 Å². The van der Waals surface area contributed by atoms with E-state index in [1.165, 1.54) is 18.5 Å². The van der Waals surface area contributed by atoms with Gasteiger partial charge in [-0.15, -0.1) is 0 Å². The molecule has 1 heterocycles. The first-order valence-corrected chi connectivity index (χ1v) is 8.41. The number of alkyl halides is 3. The minimum Gasteiger partial charge on any atom is -0.457 e. The quantitative estimate of drug-likeness (QED) is 0.458. The zero-order chi connectivity index (χ0) is 19.6. The van der Waals surface area contributed by atoms with E-state index in [4.69, 9.17) is 4.74 Å². The van der Waals surface area contributed by atoms with Gasteiger partial charge in [0.1, 0.15) is 23.6 Å². The van der Waals surface area contributed by atoms with Crippen molar-refractivity contribution in [2.45, 2.75) is 6.18 Å². The van der Waals surface area contributed by atoms with E-state index in [0.29, 0.717) is 17.3 Å². The van der Waals surface area contributed by atoms with Crippen LogP contribution in [0.4, 0.5) is 24.7 Å². The molecule has 3 aromatic carbocycles. The Morgan fingerprint density at radius 3 is 2.07 bits per heavy atom. The van der Waals surface area contributed by atoms with E-state index in [0.717, 1.165) is 28.7 Å². The van der Waals surface area contributed by atoms with E-state index < -0.39 is 11.7 Å². The highest BCUT2D eigenvalue weighted by Crippen LogP contribution is 2.32. The predicted octanol–water partition coefficient (Wildman–Crippen LogP) is 6.18. The zero-order valence-electron chi connectivity index (χ0n) is 14.4. The van der Waals surface area contributed by atoms with Gasteiger partial charge in [0.25, 0.3) is 0 Å². The highest BCUT2D eigenvalue weighted by atomic mass is 19.4. The fourth-order valence-electron chi connectivity index (χ4n) is 2.70. The van der Waals surface area contributed by atoms with Crippen LogP contribution in [-0.2, 0) is 6.18 Å². The number of hydrogen-bond acceptors (Lipinski definition) is 4. The fourth-order valence-corrected chi connectivity index (χ4v) is 2.70. The molecule has 28 heavy (non-hydrogen) atoms. The van der Waals surface area contributed by atoms with Gasteiger partial charge in [0.05, 0.1) is 11.1 Å². The van der Waals surface area contributed by atoms with E-state index >= 15 is 0 Å². The number of nitrogens with one attached hydrogen (secondary N) is 1. The van der Waals surface area contributed by atoms with Gasteiger partial charge in [-0.05, 0) is 60.7 Å². The Morgan fingerprint density at radius 1 is 0.750 bits per heavy atom. The Morgan fingerprint density at radius 2 is 1.39 bits per heavy atom. The van der Waals surface area contributed by atoms with E-state index in [2.05, 4.69) is 15.3 Å². The lowest BCUT2D eigenvalue weighted by atomic mass is 10.2. The van der Waals surface area contributed by atoms with Crippen molar-refractivity contribution in [3.05, 3.63) is 84.7 Å². The Balaban J connectivity index is 1.48. The van der Waals surface area contributed by atoms with E-state index in [-0.39, 0.29) is 0 Å². The van der Waals surface area contributed by atoms with Crippen molar-refractivity contribution in [2.75, 3.05) is 5.32 Å². The molecule has 1 N–H and O–H groups in total. The summed E-state index contributed by atoms with van der Waals surface area (Å²) in [6.07, 6.45) is -2.87. The van der Waals surface area contributed by atoms with Crippen LogP contribution >= 0.6 is 0 Å². The first-order chi connectivity index (χ1) is 13.5. The Kier molecular flexibility index (Phi) is 4.57. The molecule has 1 aromatic heterocycles. The molecular formula is C21H14F3N3O. The summed E-state index contributed by atoms with van der Waals surface area (Å²) in [5, 5.41) is 4.13. The molecular weight excluding hydrogens is 367 g/mol. The predicted molar refractivity (Wildman–Crippen MR) is 101 cm³/mol. The number of aromatic nitrogens is 2. The van der Waals surface area contributed by atoms with Crippen molar-refractivity contribution in [3.8, 4) is 11.5 Å². The molecule has 0 aliphatic heterocycles. The maximum Gasteiger partial charge on any atom is 0.416 e. The summed E-state index contributed by atoms with van der Waals surface area (Å²) in [5.74, 6) is 1.52. The topological polar surface area (TPSA) is 47.0 Å². The molecule has 0 bridgehead atoms. The maximum atomic E-state index is 12.6. The van der Waals surface area contributed by atoms with Gasteiger partial charge in [-0.25, -0.2) is 9.97 Å². The average Bonchev–Trinajstić information content (AvgIpc) is 2.69. The average molecular weight is 381 g/mol. The largest absolute Gasteiger partial charge is 0.457 e.